The molecule has 2 aromatic rings. The molecule has 0 spiro atoms. The molecule has 32 heavy (non-hydrogen) atoms. The van der Waals surface area contributed by atoms with E-state index in [0.29, 0.717) is 29.3 Å². The number of ether oxygens (including phenoxy) is 2. The van der Waals surface area contributed by atoms with Gasteiger partial charge in [-0.3, -0.25) is 4.79 Å². The average molecular weight is 476 g/mol. The number of nitrogens with zero attached hydrogens (tertiary/aromatic N) is 2. The van der Waals surface area contributed by atoms with Crippen LogP contribution >= 0.6 is 11.3 Å². The van der Waals surface area contributed by atoms with E-state index < -0.39 is 10.0 Å². The van der Waals surface area contributed by atoms with E-state index in [-0.39, 0.29) is 36.1 Å². The molecule has 1 amide bonds. The van der Waals surface area contributed by atoms with Crippen LogP contribution in [0.3, 0.4) is 0 Å². The Morgan fingerprint density at radius 3 is 2.75 bits per heavy atom. The number of rotatable bonds is 6. The van der Waals surface area contributed by atoms with Crippen LogP contribution in [0.2, 0.25) is 0 Å². The van der Waals surface area contributed by atoms with Crippen LogP contribution in [-0.4, -0.2) is 52.0 Å². The second-order valence-electron chi connectivity index (χ2n) is 7.75. The number of hydrogen-bond donors (Lipinski definition) is 1. The lowest BCUT2D eigenvalue weighted by molar-refractivity contribution is -0.115. The normalized spacial score (nSPS) is 16.8. The fourth-order valence-corrected chi connectivity index (χ4v) is 6.96. The van der Waals surface area contributed by atoms with Gasteiger partial charge in [-0.15, -0.1) is 11.3 Å². The number of anilines is 1. The molecule has 0 atom stereocenters. The molecular formula is C22H25N3O5S2. The molecule has 1 fully saturated rings. The molecule has 1 N–H and O–H groups in total. The van der Waals surface area contributed by atoms with Gasteiger partial charge >= 0.3 is 0 Å². The molecule has 1 aliphatic heterocycles. The van der Waals surface area contributed by atoms with E-state index in [1.165, 1.54) is 33.7 Å². The van der Waals surface area contributed by atoms with E-state index in [1.807, 2.05) is 0 Å². The van der Waals surface area contributed by atoms with Gasteiger partial charge in [0.05, 0.1) is 32.3 Å². The maximum Gasteiger partial charge on any atom is 0.246 e. The lowest BCUT2D eigenvalue weighted by Gasteiger charge is -2.26. The minimum absolute atomic E-state index is 0.0109. The van der Waals surface area contributed by atoms with E-state index in [4.69, 9.17) is 9.47 Å². The van der Waals surface area contributed by atoms with E-state index >= 15 is 0 Å². The molecule has 2 heterocycles. The lowest BCUT2D eigenvalue weighted by Crippen LogP contribution is -2.40. The molecule has 8 nitrogen and oxygen atoms in total. The van der Waals surface area contributed by atoms with Gasteiger partial charge in [0.25, 0.3) is 0 Å². The summed E-state index contributed by atoms with van der Waals surface area (Å²) in [7, 11) is -2.36. The van der Waals surface area contributed by atoms with E-state index in [9.17, 15) is 18.5 Å². The zero-order valence-electron chi connectivity index (χ0n) is 17.8. The molecule has 1 aliphatic carbocycles. The minimum atomic E-state index is -3.78. The summed E-state index contributed by atoms with van der Waals surface area (Å²) in [6.45, 7) is 1.23. The van der Waals surface area contributed by atoms with Crippen LogP contribution in [0.1, 0.15) is 34.4 Å². The van der Waals surface area contributed by atoms with E-state index in [1.54, 1.807) is 12.1 Å². The molecule has 4 rings (SSSR count). The van der Waals surface area contributed by atoms with Crippen molar-refractivity contribution in [1.29, 1.82) is 5.26 Å². The van der Waals surface area contributed by atoms with Crippen molar-refractivity contribution in [3.63, 3.8) is 0 Å². The van der Waals surface area contributed by atoms with Gasteiger partial charge in [0, 0.05) is 18.0 Å². The molecule has 2 aliphatic rings. The van der Waals surface area contributed by atoms with Gasteiger partial charge in [-0.2, -0.15) is 9.57 Å². The van der Waals surface area contributed by atoms with Gasteiger partial charge in [-0.25, -0.2) is 8.42 Å². The number of nitriles is 1. The Kier molecular flexibility index (Phi) is 6.81. The summed E-state index contributed by atoms with van der Waals surface area (Å²) in [6, 6.07) is 6.98. The number of fused-ring (bicyclic) bond motifs is 1. The number of benzene rings is 1. The summed E-state index contributed by atoms with van der Waals surface area (Å²) in [6.07, 6.45) is 3.94. The van der Waals surface area contributed by atoms with Gasteiger partial charge in [0.15, 0.2) is 0 Å². The van der Waals surface area contributed by atoms with Crippen LogP contribution in [0, 0.1) is 11.3 Å². The third kappa shape index (κ3) is 4.52. The second-order valence-corrected chi connectivity index (χ2v) is 10.8. The Morgan fingerprint density at radius 1 is 1.28 bits per heavy atom. The Hall–Kier alpha value is -2.45. The summed E-state index contributed by atoms with van der Waals surface area (Å²) >= 11 is 1.47. The van der Waals surface area contributed by atoms with Gasteiger partial charge in [0.1, 0.15) is 21.7 Å². The number of thiophene rings is 1. The summed E-state index contributed by atoms with van der Waals surface area (Å²) in [5.41, 5.74) is 2.17. The predicted molar refractivity (Wildman–Crippen MR) is 121 cm³/mol. The highest BCUT2D eigenvalue weighted by Gasteiger charge is 2.30. The number of hydrogen-bond acceptors (Lipinski definition) is 7. The molecule has 0 bridgehead atoms. The summed E-state index contributed by atoms with van der Waals surface area (Å²) in [5.74, 6) is -0.0571. The first kappa shape index (κ1) is 22.7. The van der Waals surface area contributed by atoms with Crippen molar-refractivity contribution in [2.24, 2.45) is 0 Å². The topological polar surface area (TPSA) is 109 Å². The van der Waals surface area contributed by atoms with Crippen molar-refractivity contribution in [3.05, 3.63) is 39.8 Å². The number of morpholine rings is 1. The molecular weight excluding hydrogens is 450 g/mol. The Morgan fingerprint density at radius 2 is 2.03 bits per heavy atom. The highest BCUT2D eigenvalue weighted by molar-refractivity contribution is 7.89. The number of carbonyl (C=O) groups excluding carboxylic acids is 1. The fraction of sp³-hybridized carbons (Fsp3) is 0.455. The predicted octanol–water partition coefficient (Wildman–Crippen LogP) is 2.71. The number of sulfonamides is 1. The largest absolute Gasteiger partial charge is 0.495 e. The van der Waals surface area contributed by atoms with Crippen molar-refractivity contribution >= 4 is 32.3 Å². The number of carbonyl (C=O) groups is 1. The maximum absolute atomic E-state index is 13.1. The number of amides is 1. The van der Waals surface area contributed by atoms with Crippen LogP contribution in [0.5, 0.6) is 5.75 Å². The number of methoxy groups -OCH3 is 1. The fourth-order valence-electron chi connectivity index (χ4n) is 4.09. The average Bonchev–Trinajstić information content (AvgIpc) is 3.16. The summed E-state index contributed by atoms with van der Waals surface area (Å²) < 4.78 is 38.2. The molecule has 170 valence electrons. The highest BCUT2D eigenvalue weighted by Crippen LogP contribution is 2.37. The van der Waals surface area contributed by atoms with Crippen LogP contribution in [0.15, 0.2) is 23.1 Å². The Labute approximate surface area is 191 Å². The monoisotopic (exact) mass is 475 g/mol. The van der Waals surface area contributed by atoms with Gasteiger partial charge in [0.2, 0.25) is 15.9 Å². The molecule has 1 aromatic heterocycles. The van der Waals surface area contributed by atoms with Crippen LogP contribution in [0.4, 0.5) is 5.00 Å². The molecule has 10 heteroatoms. The maximum atomic E-state index is 13.1. The first-order chi connectivity index (χ1) is 15.4. The third-order valence-corrected chi connectivity index (χ3v) is 8.84. The number of aryl methyl sites for hydroxylation is 1. The molecule has 0 radical (unpaired) electrons. The Bertz CT molecular complexity index is 1160. The zero-order chi connectivity index (χ0) is 22.7. The summed E-state index contributed by atoms with van der Waals surface area (Å²) in [4.78, 5) is 14.0. The highest BCUT2D eigenvalue weighted by atomic mass is 32.2. The molecule has 0 saturated carbocycles. The Balaban J connectivity index is 1.55. The van der Waals surface area contributed by atoms with Gasteiger partial charge in [-0.05, 0) is 48.9 Å². The lowest BCUT2D eigenvalue weighted by atomic mass is 9.96. The second kappa shape index (κ2) is 9.58. The molecule has 1 saturated heterocycles. The minimum Gasteiger partial charge on any atom is -0.495 e. The first-order valence-corrected chi connectivity index (χ1v) is 12.8. The van der Waals surface area contributed by atoms with Crippen LogP contribution in [0.25, 0.3) is 0 Å². The van der Waals surface area contributed by atoms with Crippen molar-refractivity contribution in [3.8, 4) is 11.8 Å². The van der Waals surface area contributed by atoms with Gasteiger partial charge < -0.3 is 14.8 Å². The quantitative estimate of drug-likeness (QED) is 0.688. The third-order valence-electron chi connectivity index (χ3n) is 5.72. The van der Waals surface area contributed by atoms with Crippen molar-refractivity contribution in [1.82, 2.24) is 4.31 Å². The zero-order valence-corrected chi connectivity index (χ0v) is 19.5. The number of nitrogens with one attached hydrogen (secondary N) is 1. The van der Waals surface area contributed by atoms with Crippen LogP contribution in [-0.2, 0) is 38.8 Å². The van der Waals surface area contributed by atoms with Crippen molar-refractivity contribution in [2.75, 3.05) is 38.7 Å². The van der Waals surface area contributed by atoms with Crippen molar-refractivity contribution in [2.45, 2.75) is 37.0 Å². The van der Waals surface area contributed by atoms with E-state index in [2.05, 4.69) is 11.4 Å². The van der Waals surface area contributed by atoms with Crippen LogP contribution < -0.4 is 10.1 Å². The SMILES string of the molecule is COc1ccc(CC(=O)Nc2sc3c(c2C#N)CCCC3)cc1S(=O)(=O)N1CCOCC1. The summed E-state index contributed by atoms with van der Waals surface area (Å²) in [5, 5.41) is 13.0. The van der Waals surface area contributed by atoms with E-state index in [0.717, 1.165) is 31.2 Å². The smallest absolute Gasteiger partial charge is 0.246 e. The molecule has 0 unspecified atom stereocenters. The van der Waals surface area contributed by atoms with Gasteiger partial charge in [-0.1, -0.05) is 6.07 Å². The molecule has 1 aromatic carbocycles. The first-order valence-electron chi connectivity index (χ1n) is 10.5. The standard InChI is InChI=1S/C22H25N3O5S2/c1-29-18-7-6-15(12-20(18)32(27,28)25-8-10-30-11-9-25)13-21(26)24-22-17(14-23)16-4-2-3-5-19(16)31-22/h6-7,12H,2-5,8-11,13H2,1H3,(H,24,26). The van der Waals surface area contributed by atoms with Crippen molar-refractivity contribution < 1.29 is 22.7 Å².